The SMILES string of the molecule is O=P([O-])([O-])OCC1(O)O[C@@H](CO)[C@H](O)[C@H]1O.[Ba+2]. The number of hydrogen-bond acceptors (Lipinski definition) is 9. The van der Waals surface area contributed by atoms with Gasteiger partial charge >= 0.3 is 48.9 Å². The molecule has 9 nitrogen and oxygen atoms in total. The molecule has 1 aliphatic rings. The molecular formula is C6H11BaO9P. The van der Waals surface area contributed by atoms with Crippen LogP contribution in [0.15, 0.2) is 0 Å². The maximum atomic E-state index is 10.2. The fraction of sp³-hybridized carbons (Fsp3) is 1.00. The summed E-state index contributed by atoms with van der Waals surface area (Å²) in [7, 11) is -5.33. The van der Waals surface area contributed by atoms with Gasteiger partial charge in [-0.15, -0.1) is 0 Å². The Bertz CT molecular complexity index is 295. The van der Waals surface area contributed by atoms with Gasteiger partial charge in [0.25, 0.3) is 0 Å². The van der Waals surface area contributed by atoms with Crippen LogP contribution in [0.25, 0.3) is 0 Å². The molecule has 0 radical (unpaired) electrons. The van der Waals surface area contributed by atoms with E-state index >= 15 is 0 Å². The fourth-order valence-corrected chi connectivity index (χ4v) is 1.65. The molecule has 1 aliphatic heterocycles. The van der Waals surface area contributed by atoms with Gasteiger partial charge in [-0.2, -0.15) is 0 Å². The smallest absolute Gasteiger partial charge is 0.790 e. The summed E-state index contributed by atoms with van der Waals surface area (Å²) >= 11 is 0. The molecule has 17 heavy (non-hydrogen) atoms. The third-order valence-electron chi connectivity index (χ3n) is 2.13. The number of hydrogen-bond donors (Lipinski definition) is 4. The van der Waals surface area contributed by atoms with Crippen molar-refractivity contribution in [1.82, 2.24) is 0 Å². The van der Waals surface area contributed by atoms with Gasteiger partial charge in [-0.3, -0.25) is 0 Å². The topological polar surface area (TPSA) is 163 Å². The van der Waals surface area contributed by atoms with E-state index in [1.54, 1.807) is 0 Å². The third kappa shape index (κ3) is 4.82. The quantitative estimate of drug-likeness (QED) is 0.270. The predicted octanol–water partition coefficient (Wildman–Crippen LogP) is -4.75. The first kappa shape index (κ1) is 18.5. The zero-order chi connectivity index (χ0) is 12.6. The van der Waals surface area contributed by atoms with Crippen molar-refractivity contribution in [3.8, 4) is 0 Å². The van der Waals surface area contributed by atoms with E-state index in [9.17, 15) is 29.7 Å². The van der Waals surface area contributed by atoms with E-state index in [4.69, 9.17) is 5.11 Å². The summed E-state index contributed by atoms with van der Waals surface area (Å²) in [6.07, 6.45) is -4.80. The molecule has 11 heteroatoms. The van der Waals surface area contributed by atoms with Crippen LogP contribution in [0, 0.1) is 0 Å². The normalized spacial score (nSPS) is 37.9. The Morgan fingerprint density at radius 2 is 1.94 bits per heavy atom. The van der Waals surface area contributed by atoms with Crippen LogP contribution in [0.4, 0.5) is 0 Å². The fourth-order valence-electron chi connectivity index (χ4n) is 1.31. The number of ether oxygens (including phenoxy) is 1. The summed E-state index contributed by atoms with van der Waals surface area (Å²) in [5.74, 6) is -2.54. The van der Waals surface area contributed by atoms with Gasteiger partial charge in [-0.25, -0.2) is 0 Å². The van der Waals surface area contributed by atoms with E-state index in [-0.39, 0.29) is 48.9 Å². The van der Waals surface area contributed by atoms with Crippen molar-refractivity contribution in [3.05, 3.63) is 0 Å². The second kappa shape index (κ2) is 6.77. The van der Waals surface area contributed by atoms with Crippen LogP contribution < -0.4 is 9.79 Å². The van der Waals surface area contributed by atoms with E-state index < -0.39 is 45.1 Å². The standard InChI is InChI=1S/C6H13O9P.Ba/c7-1-3-4(8)5(9)6(10,15-3)2-14-16(11,12)13;/h3-5,7-10H,1-2H2,(H2,11,12,13);/q;+2/p-2/t3-,4-,5+,6?;/m0./s1. The molecule has 0 aromatic heterocycles. The minimum atomic E-state index is -5.33. The summed E-state index contributed by atoms with van der Waals surface area (Å²) in [4.78, 5) is 20.3. The monoisotopic (exact) mass is 396 g/mol. The summed E-state index contributed by atoms with van der Waals surface area (Å²) in [5.41, 5.74) is 0. The van der Waals surface area contributed by atoms with Gasteiger partial charge in [0.1, 0.15) is 24.9 Å². The van der Waals surface area contributed by atoms with Crippen molar-refractivity contribution >= 4 is 56.7 Å². The van der Waals surface area contributed by atoms with Crippen LogP contribution in [0.2, 0.25) is 0 Å². The van der Waals surface area contributed by atoms with Crippen LogP contribution in [-0.2, 0) is 13.8 Å². The molecule has 1 heterocycles. The number of phosphoric ester groups is 1. The predicted molar refractivity (Wildman–Crippen MR) is 48.2 cm³/mol. The molecule has 1 fully saturated rings. The molecule has 4 N–H and O–H groups in total. The molecule has 4 atom stereocenters. The molecule has 1 saturated heterocycles. The average molecular weight is 395 g/mol. The Kier molecular flexibility index (Phi) is 7.36. The second-order valence-corrected chi connectivity index (χ2v) is 4.49. The van der Waals surface area contributed by atoms with Gasteiger partial charge in [0.15, 0.2) is 0 Å². The van der Waals surface area contributed by atoms with Crippen molar-refractivity contribution < 1.29 is 44.0 Å². The summed E-state index contributed by atoms with van der Waals surface area (Å²) < 4.78 is 18.5. The van der Waals surface area contributed by atoms with Crippen LogP contribution in [0.5, 0.6) is 0 Å². The van der Waals surface area contributed by atoms with Crippen molar-refractivity contribution in [2.24, 2.45) is 0 Å². The molecule has 96 valence electrons. The van der Waals surface area contributed by atoms with Gasteiger partial charge in [-0.1, -0.05) is 0 Å². The Hall–Kier alpha value is 1.48. The van der Waals surface area contributed by atoms with Crippen molar-refractivity contribution in [2.75, 3.05) is 13.2 Å². The van der Waals surface area contributed by atoms with Crippen LogP contribution in [0.1, 0.15) is 0 Å². The third-order valence-corrected chi connectivity index (χ3v) is 2.58. The second-order valence-electron chi connectivity index (χ2n) is 3.34. The zero-order valence-corrected chi connectivity index (χ0v) is 14.0. The molecule has 0 saturated carbocycles. The maximum Gasteiger partial charge on any atom is 2.00 e. The van der Waals surface area contributed by atoms with Crippen molar-refractivity contribution in [1.29, 1.82) is 0 Å². The molecule has 0 bridgehead atoms. The molecule has 0 amide bonds. The number of aliphatic hydroxyl groups is 4. The Balaban J connectivity index is 0.00000256. The largest absolute Gasteiger partial charge is 2.00 e. The van der Waals surface area contributed by atoms with E-state index in [0.717, 1.165) is 0 Å². The first-order valence-corrected chi connectivity index (χ1v) is 5.69. The maximum absolute atomic E-state index is 10.2. The molecule has 1 unspecified atom stereocenters. The van der Waals surface area contributed by atoms with Gasteiger partial charge in [0.2, 0.25) is 5.79 Å². The number of phosphoric acid groups is 1. The average Bonchev–Trinajstić information content (AvgIpc) is 2.40. The molecule has 0 aliphatic carbocycles. The van der Waals surface area contributed by atoms with Crippen molar-refractivity contribution in [2.45, 2.75) is 24.1 Å². The van der Waals surface area contributed by atoms with Crippen LogP contribution in [0.3, 0.4) is 0 Å². The van der Waals surface area contributed by atoms with E-state index in [1.165, 1.54) is 0 Å². The first-order chi connectivity index (χ1) is 7.19. The zero-order valence-electron chi connectivity index (χ0n) is 8.63. The van der Waals surface area contributed by atoms with Crippen molar-refractivity contribution in [3.63, 3.8) is 0 Å². The summed E-state index contributed by atoms with van der Waals surface area (Å²) in [5, 5.41) is 36.8. The Morgan fingerprint density at radius 1 is 1.41 bits per heavy atom. The molecule has 1 rings (SSSR count). The Labute approximate surface area is 137 Å². The molecule has 0 aromatic rings. The summed E-state index contributed by atoms with van der Waals surface area (Å²) in [6.45, 7) is -1.86. The van der Waals surface area contributed by atoms with Gasteiger partial charge in [-0.05, 0) is 0 Å². The molecule has 0 spiro atoms. The van der Waals surface area contributed by atoms with Crippen LogP contribution >= 0.6 is 7.82 Å². The number of aliphatic hydroxyl groups excluding tert-OH is 3. The van der Waals surface area contributed by atoms with E-state index in [1.807, 2.05) is 0 Å². The molecule has 0 aromatic carbocycles. The summed E-state index contributed by atoms with van der Waals surface area (Å²) in [6, 6.07) is 0. The van der Waals surface area contributed by atoms with Crippen LogP contribution in [-0.4, -0.2) is 107 Å². The van der Waals surface area contributed by atoms with E-state index in [0.29, 0.717) is 0 Å². The van der Waals surface area contributed by atoms with E-state index in [2.05, 4.69) is 9.26 Å². The van der Waals surface area contributed by atoms with Gasteiger partial charge in [0.05, 0.1) is 14.4 Å². The minimum absolute atomic E-state index is 0. The molecular weight excluding hydrogens is 384 g/mol. The Morgan fingerprint density at radius 3 is 2.29 bits per heavy atom. The van der Waals surface area contributed by atoms with Gasteiger partial charge in [0, 0.05) is 0 Å². The first-order valence-electron chi connectivity index (χ1n) is 4.23. The minimum Gasteiger partial charge on any atom is -0.790 e. The number of rotatable bonds is 4. The van der Waals surface area contributed by atoms with Gasteiger partial charge < -0.3 is 44.0 Å².